The molecular weight excluding hydrogens is 364 g/mol. The van der Waals surface area contributed by atoms with E-state index in [-0.39, 0.29) is 5.91 Å². The first-order valence-corrected chi connectivity index (χ1v) is 9.08. The predicted octanol–water partition coefficient (Wildman–Crippen LogP) is 3.14. The average molecular weight is 382 g/mol. The van der Waals surface area contributed by atoms with E-state index in [0.29, 0.717) is 30.2 Å². The van der Waals surface area contributed by atoms with E-state index >= 15 is 0 Å². The molecular formula is C19H18N4O3S. The first-order chi connectivity index (χ1) is 13.1. The number of carbonyl (C=O) groups is 2. The molecule has 0 spiro atoms. The van der Waals surface area contributed by atoms with Crippen molar-refractivity contribution in [1.82, 2.24) is 10.3 Å². The Bertz CT molecular complexity index is 911. The summed E-state index contributed by atoms with van der Waals surface area (Å²) in [6, 6.07) is 13.5. The first-order valence-electron chi connectivity index (χ1n) is 8.14. The van der Waals surface area contributed by atoms with E-state index in [0.717, 1.165) is 11.3 Å². The topological polar surface area (TPSA) is 106 Å². The Hall–Kier alpha value is -3.39. The van der Waals surface area contributed by atoms with Gasteiger partial charge in [0.05, 0.1) is 16.8 Å². The molecule has 0 saturated heterocycles. The molecule has 4 N–H and O–H groups in total. The lowest BCUT2D eigenvalue weighted by Gasteiger charge is -2.11. The lowest BCUT2D eigenvalue weighted by atomic mass is 10.1. The van der Waals surface area contributed by atoms with Crippen molar-refractivity contribution in [2.45, 2.75) is 13.2 Å². The van der Waals surface area contributed by atoms with Crippen LogP contribution in [-0.2, 0) is 13.2 Å². The second-order valence-corrected chi connectivity index (χ2v) is 6.35. The molecule has 0 fully saturated rings. The molecule has 0 atom stereocenters. The van der Waals surface area contributed by atoms with Crippen LogP contribution < -0.4 is 21.1 Å². The minimum Gasteiger partial charge on any atom is -0.486 e. The molecule has 7 nitrogen and oxygen atoms in total. The maximum Gasteiger partial charge on any atom is 0.316 e. The molecule has 27 heavy (non-hydrogen) atoms. The van der Waals surface area contributed by atoms with Gasteiger partial charge in [0.25, 0.3) is 5.91 Å². The number of carbonyl (C=O) groups excluding carboxylic acids is 2. The quantitative estimate of drug-likeness (QED) is 0.583. The number of benzene rings is 2. The zero-order chi connectivity index (χ0) is 19.1. The van der Waals surface area contributed by atoms with Crippen molar-refractivity contribution in [1.29, 1.82) is 0 Å². The summed E-state index contributed by atoms with van der Waals surface area (Å²) in [6.45, 7) is 0.651. The van der Waals surface area contributed by atoms with E-state index in [4.69, 9.17) is 10.5 Å². The molecule has 0 bridgehead atoms. The second kappa shape index (κ2) is 8.81. The van der Waals surface area contributed by atoms with Gasteiger partial charge in [-0.05, 0) is 29.8 Å². The van der Waals surface area contributed by atoms with Crippen LogP contribution in [0.4, 0.5) is 10.5 Å². The van der Waals surface area contributed by atoms with Gasteiger partial charge in [0.1, 0.15) is 12.4 Å². The van der Waals surface area contributed by atoms with Gasteiger partial charge >= 0.3 is 6.03 Å². The maximum atomic E-state index is 12.5. The van der Waals surface area contributed by atoms with Crippen molar-refractivity contribution in [3.63, 3.8) is 0 Å². The summed E-state index contributed by atoms with van der Waals surface area (Å²) in [5.41, 5.74) is 9.57. The van der Waals surface area contributed by atoms with Gasteiger partial charge in [0, 0.05) is 17.6 Å². The SMILES string of the molecule is NC(=O)Nc1ccc(CNC(=O)c2ccccc2OCc2cscn2)cc1. The lowest BCUT2D eigenvalue weighted by Crippen LogP contribution is -2.23. The van der Waals surface area contributed by atoms with Crippen molar-refractivity contribution >= 4 is 29.0 Å². The molecule has 0 radical (unpaired) electrons. The summed E-state index contributed by atoms with van der Waals surface area (Å²) in [5.74, 6) is 0.271. The summed E-state index contributed by atoms with van der Waals surface area (Å²) >= 11 is 1.49. The molecule has 0 aliphatic rings. The average Bonchev–Trinajstić information content (AvgIpc) is 3.19. The number of amides is 3. The van der Waals surface area contributed by atoms with Crippen LogP contribution in [0.3, 0.4) is 0 Å². The fourth-order valence-electron chi connectivity index (χ4n) is 2.37. The van der Waals surface area contributed by atoms with Crippen LogP contribution in [0.2, 0.25) is 0 Å². The monoisotopic (exact) mass is 382 g/mol. The summed E-state index contributed by atoms with van der Waals surface area (Å²) in [7, 11) is 0. The van der Waals surface area contributed by atoms with Crippen LogP contribution >= 0.6 is 11.3 Å². The number of nitrogens with two attached hydrogens (primary N) is 1. The van der Waals surface area contributed by atoms with Gasteiger partial charge in [-0.25, -0.2) is 9.78 Å². The van der Waals surface area contributed by atoms with Crippen molar-refractivity contribution < 1.29 is 14.3 Å². The number of aromatic nitrogens is 1. The van der Waals surface area contributed by atoms with E-state index < -0.39 is 6.03 Å². The molecule has 1 heterocycles. The molecule has 8 heteroatoms. The van der Waals surface area contributed by atoms with Gasteiger partial charge in [-0.2, -0.15) is 0 Å². The van der Waals surface area contributed by atoms with E-state index in [1.165, 1.54) is 11.3 Å². The number of para-hydroxylation sites is 1. The smallest absolute Gasteiger partial charge is 0.316 e. The highest BCUT2D eigenvalue weighted by Crippen LogP contribution is 2.19. The van der Waals surface area contributed by atoms with Gasteiger partial charge in [0.2, 0.25) is 0 Å². The Morgan fingerprint density at radius 1 is 1.11 bits per heavy atom. The number of nitrogens with one attached hydrogen (secondary N) is 2. The molecule has 0 unspecified atom stereocenters. The van der Waals surface area contributed by atoms with Gasteiger partial charge in [-0.1, -0.05) is 24.3 Å². The van der Waals surface area contributed by atoms with Gasteiger partial charge < -0.3 is 21.1 Å². The predicted molar refractivity (Wildman–Crippen MR) is 104 cm³/mol. The number of hydrogen-bond donors (Lipinski definition) is 3. The summed E-state index contributed by atoms with van der Waals surface area (Å²) in [4.78, 5) is 27.5. The fourth-order valence-corrected chi connectivity index (χ4v) is 2.91. The highest BCUT2D eigenvalue weighted by molar-refractivity contribution is 7.07. The van der Waals surface area contributed by atoms with Crippen molar-refractivity contribution in [2.75, 3.05) is 5.32 Å². The lowest BCUT2D eigenvalue weighted by molar-refractivity contribution is 0.0946. The first kappa shape index (κ1) is 18.4. The Labute approximate surface area is 160 Å². The Morgan fingerprint density at radius 2 is 1.89 bits per heavy atom. The summed E-state index contributed by atoms with van der Waals surface area (Å²) in [6.07, 6.45) is 0. The van der Waals surface area contributed by atoms with Crippen molar-refractivity contribution in [3.05, 3.63) is 76.2 Å². The Balaban J connectivity index is 1.60. The molecule has 3 rings (SSSR count). The Kier molecular flexibility index (Phi) is 6.01. The summed E-state index contributed by atoms with van der Waals surface area (Å²) < 4.78 is 5.74. The highest BCUT2D eigenvalue weighted by atomic mass is 32.1. The molecule has 0 aliphatic heterocycles. The van der Waals surface area contributed by atoms with Crippen LogP contribution in [0, 0.1) is 0 Å². The molecule has 3 aromatic rings. The number of rotatable bonds is 7. The minimum absolute atomic E-state index is 0.233. The molecule has 2 aromatic carbocycles. The van der Waals surface area contributed by atoms with Gasteiger partial charge in [0.15, 0.2) is 0 Å². The maximum absolute atomic E-state index is 12.5. The fraction of sp³-hybridized carbons (Fsp3) is 0.105. The van der Waals surface area contributed by atoms with Crippen molar-refractivity contribution in [3.8, 4) is 5.75 Å². The van der Waals surface area contributed by atoms with Crippen LogP contribution in [0.15, 0.2) is 59.4 Å². The Morgan fingerprint density at radius 3 is 2.59 bits per heavy atom. The van der Waals surface area contributed by atoms with Crippen LogP contribution in [0.5, 0.6) is 5.75 Å². The van der Waals surface area contributed by atoms with Gasteiger partial charge in [-0.15, -0.1) is 11.3 Å². The highest BCUT2D eigenvalue weighted by Gasteiger charge is 2.12. The number of nitrogens with zero attached hydrogens (tertiary/aromatic N) is 1. The number of anilines is 1. The molecule has 0 saturated carbocycles. The molecule has 1 aromatic heterocycles. The van der Waals surface area contributed by atoms with Crippen molar-refractivity contribution in [2.24, 2.45) is 5.73 Å². The van der Waals surface area contributed by atoms with E-state index in [2.05, 4.69) is 15.6 Å². The number of primary amides is 1. The normalized spacial score (nSPS) is 10.2. The third-order valence-corrected chi connectivity index (χ3v) is 4.30. The number of hydrogen-bond acceptors (Lipinski definition) is 5. The second-order valence-electron chi connectivity index (χ2n) is 5.63. The standard InChI is InChI=1S/C19H18N4O3S/c20-19(25)23-14-7-5-13(6-8-14)9-21-18(24)16-3-1-2-4-17(16)26-10-15-11-27-12-22-15/h1-8,11-12H,9-10H2,(H,21,24)(H3,20,23,25). The van der Waals surface area contributed by atoms with Crippen LogP contribution in [-0.4, -0.2) is 16.9 Å². The van der Waals surface area contributed by atoms with E-state index in [9.17, 15) is 9.59 Å². The molecule has 0 aliphatic carbocycles. The number of thiazole rings is 1. The number of ether oxygens (including phenoxy) is 1. The van der Waals surface area contributed by atoms with E-state index in [1.54, 1.807) is 48.0 Å². The zero-order valence-electron chi connectivity index (χ0n) is 14.3. The third kappa shape index (κ3) is 5.29. The molecule has 138 valence electrons. The molecule has 3 amide bonds. The number of urea groups is 1. The third-order valence-electron chi connectivity index (χ3n) is 3.67. The summed E-state index contributed by atoms with van der Waals surface area (Å²) in [5, 5.41) is 7.25. The van der Waals surface area contributed by atoms with Crippen LogP contribution in [0.1, 0.15) is 21.6 Å². The zero-order valence-corrected chi connectivity index (χ0v) is 15.2. The van der Waals surface area contributed by atoms with E-state index in [1.807, 2.05) is 11.4 Å². The van der Waals surface area contributed by atoms with Crippen LogP contribution in [0.25, 0.3) is 0 Å². The minimum atomic E-state index is -0.620. The van der Waals surface area contributed by atoms with Gasteiger partial charge in [-0.3, -0.25) is 4.79 Å². The largest absolute Gasteiger partial charge is 0.486 e.